The van der Waals surface area contributed by atoms with Crippen molar-refractivity contribution < 1.29 is 33.9 Å². The van der Waals surface area contributed by atoms with Gasteiger partial charge in [-0.2, -0.15) is 0 Å². The number of aldehydes is 1. The van der Waals surface area contributed by atoms with E-state index in [0.717, 1.165) is 12.2 Å². The average molecular weight is 426 g/mol. The number of hydrogen-bond acceptors (Lipinski definition) is 6. The highest BCUT2D eigenvalue weighted by Gasteiger charge is 2.20. The molecule has 0 rings (SSSR count). The minimum Gasteiger partial charge on any atom is -0.480 e. The van der Waals surface area contributed by atoms with E-state index in [2.05, 4.69) is 16.0 Å². The number of unbranched alkanes of at least 4 members (excludes halogenated alkanes) is 1. The summed E-state index contributed by atoms with van der Waals surface area (Å²) >= 11 is 0. The molecule has 11 nitrogen and oxygen atoms in total. The number of carboxylic acid groups (broad SMARTS) is 1. The van der Waals surface area contributed by atoms with E-state index in [4.69, 9.17) is 5.11 Å². The zero-order chi connectivity index (χ0) is 23.1. The van der Waals surface area contributed by atoms with Crippen LogP contribution in [0.5, 0.6) is 0 Å². The lowest BCUT2D eigenvalue weighted by atomic mass is 10.1. The Morgan fingerprint density at radius 3 is 2.13 bits per heavy atom. The van der Waals surface area contributed by atoms with Crippen LogP contribution in [0, 0.1) is 0 Å². The number of rotatable bonds is 14. The average Bonchev–Trinajstić information content (AvgIpc) is 2.68. The summed E-state index contributed by atoms with van der Waals surface area (Å²) < 4.78 is 0. The first-order valence-corrected chi connectivity index (χ1v) is 9.54. The number of hydrogen-bond donors (Lipinski definition) is 4. The molecule has 0 fully saturated rings. The number of nitrogens with one attached hydrogen (secondary N) is 3. The maximum Gasteiger partial charge on any atom is 0.325 e. The fourth-order valence-corrected chi connectivity index (χ4v) is 2.16. The van der Waals surface area contributed by atoms with Gasteiger partial charge in [-0.3, -0.25) is 28.8 Å². The fourth-order valence-electron chi connectivity index (χ4n) is 2.16. The molecule has 11 heteroatoms. The molecule has 4 N–H and O–H groups in total. The predicted octanol–water partition coefficient (Wildman–Crippen LogP) is -1.03. The zero-order valence-corrected chi connectivity index (χ0v) is 17.5. The van der Waals surface area contributed by atoms with Crippen LogP contribution in [0.1, 0.15) is 39.5 Å². The first-order chi connectivity index (χ1) is 14.1. The first kappa shape index (κ1) is 26.8. The topological polar surface area (TPSA) is 162 Å². The summed E-state index contributed by atoms with van der Waals surface area (Å²) in [6.07, 6.45) is 3.97. The summed E-state index contributed by atoms with van der Waals surface area (Å²) in [4.78, 5) is 69.1. The third-order valence-electron chi connectivity index (χ3n) is 4.02. The van der Waals surface area contributed by atoms with Gasteiger partial charge >= 0.3 is 5.97 Å². The number of nitrogens with zero attached hydrogens (tertiary/aromatic N) is 1. The number of carbonyl (C=O) groups is 6. The van der Waals surface area contributed by atoms with Gasteiger partial charge in [0.1, 0.15) is 18.4 Å². The highest BCUT2D eigenvalue weighted by Crippen LogP contribution is 2.00. The van der Waals surface area contributed by atoms with Crippen LogP contribution < -0.4 is 16.0 Å². The SMILES string of the molecule is CC(NC(=O)C(C)NC(=O)CCCCC(=O)NCCN(C)C(=O)/C=C\C=O)C(=O)O. The van der Waals surface area contributed by atoms with E-state index in [1.807, 2.05) is 0 Å². The first-order valence-electron chi connectivity index (χ1n) is 9.54. The van der Waals surface area contributed by atoms with Gasteiger partial charge in [-0.25, -0.2) is 0 Å². The second-order valence-electron chi connectivity index (χ2n) is 6.67. The Kier molecular flexibility index (Phi) is 13.1. The number of allylic oxidation sites excluding steroid dienone is 1. The van der Waals surface area contributed by atoms with Crippen molar-refractivity contribution in [2.45, 2.75) is 51.6 Å². The summed E-state index contributed by atoms with van der Waals surface area (Å²) in [5.41, 5.74) is 0. The van der Waals surface area contributed by atoms with Crippen LogP contribution in [0.15, 0.2) is 12.2 Å². The molecular weight excluding hydrogens is 396 g/mol. The monoisotopic (exact) mass is 426 g/mol. The van der Waals surface area contributed by atoms with Gasteiger partial charge in [-0.05, 0) is 32.8 Å². The lowest BCUT2D eigenvalue weighted by Gasteiger charge is -2.16. The molecular formula is C19H30N4O7. The number of likely N-dealkylation sites (N-methyl/N-ethyl adjacent to an activating group) is 1. The van der Waals surface area contributed by atoms with Crippen molar-refractivity contribution in [3.8, 4) is 0 Å². The zero-order valence-electron chi connectivity index (χ0n) is 17.5. The Bertz CT molecular complexity index is 663. The van der Waals surface area contributed by atoms with Crippen LogP contribution in [0.25, 0.3) is 0 Å². The van der Waals surface area contributed by atoms with E-state index in [1.54, 1.807) is 7.05 Å². The van der Waals surface area contributed by atoms with E-state index in [-0.39, 0.29) is 43.7 Å². The Morgan fingerprint density at radius 1 is 0.967 bits per heavy atom. The molecule has 0 aromatic carbocycles. The third-order valence-corrected chi connectivity index (χ3v) is 4.02. The van der Waals surface area contributed by atoms with Gasteiger partial charge < -0.3 is 26.0 Å². The van der Waals surface area contributed by atoms with Crippen molar-refractivity contribution in [3.63, 3.8) is 0 Å². The van der Waals surface area contributed by atoms with Crippen molar-refractivity contribution in [1.82, 2.24) is 20.9 Å². The summed E-state index contributed by atoms with van der Waals surface area (Å²) in [6, 6.07) is -1.93. The Morgan fingerprint density at radius 2 is 1.57 bits per heavy atom. The highest BCUT2D eigenvalue weighted by molar-refractivity contribution is 5.91. The lowest BCUT2D eigenvalue weighted by molar-refractivity contribution is -0.141. The normalized spacial score (nSPS) is 12.5. The van der Waals surface area contributed by atoms with E-state index in [1.165, 1.54) is 18.7 Å². The molecule has 0 heterocycles. The van der Waals surface area contributed by atoms with E-state index >= 15 is 0 Å². The highest BCUT2D eigenvalue weighted by atomic mass is 16.4. The van der Waals surface area contributed by atoms with Crippen molar-refractivity contribution in [3.05, 3.63) is 12.2 Å². The van der Waals surface area contributed by atoms with Crippen LogP contribution >= 0.6 is 0 Å². The molecule has 0 aliphatic heterocycles. The smallest absolute Gasteiger partial charge is 0.325 e. The van der Waals surface area contributed by atoms with E-state index < -0.39 is 24.0 Å². The largest absolute Gasteiger partial charge is 0.480 e. The molecule has 2 atom stereocenters. The molecule has 0 aromatic rings. The summed E-state index contributed by atoms with van der Waals surface area (Å²) in [5.74, 6) is -2.70. The van der Waals surface area contributed by atoms with Gasteiger partial charge in [0.15, 0.2) is 0 Å². The Hall–Kier alpha value is -3.24. The molecule has 0 spiro atoms. The third kappa shape index (κ3) is 12.3. The van der Waals surface area contributed by atoms with Gasteiger partial charge in [-0.15, -0.1) is 0 Å². The maximum atomic E-state index is 11.8. The van der Waals surface area contributed by atoms with Gasteiger partial charge in [0.05, 0.1) is 0 Å². The minimum atomic E-state index is -1.17. The van der Waals surface area contributed by atoms with E-state index in [9.17, 15) is 28.8 Å². The van der Waals surface area contributed by atoms with E-state index in [0.29, 0.717) is 19.1 Å². The van der Waals surface area contributed by atoms with Gasteiger partial charge in [0.25, 0.3) is 0 Å². The van der Waals surface area contributed by atoms with Crippen molar-refractivity contribution in [2.75, 3.05) is 20.1 Å². The molecule has 0 aliphatic carbocycles. The molecule has 0 aromatic heterocycles. The predicted molar refractivity (Wildman–Crippen MR) is 107 cm³/mol. The molecule has 0 saturated heterocycles. The molecule has 30 heavy (non-hydrogen) atoms. The number of aliphatic carboxylic acids is 1. The van der Waals surface area contributed by atoms with Crippen molar-refractivity contribution in [2.24, 2.45) is 0 Å². The quantitative estimate of drug-likeness (QED) is 0.157. The number of carbonyl (C=O) groups excluding carboxylic acids is 5. The molecule has 0 aliphatic rings. The molecule has 0 bridgehead atoms. The summed E-state index contributed by atoms with van der Waals surface area (Å²) in [6.45, 7) is 3.32. The van der Waals surface area contributed by atoms with Crippen LogP contribution in [0.4, 0.5) is 0 Å². The second kappa shape index (κ2) is 14.7. The molecule has 0 saturated carbocycles. The molecule has 168 valence electrons. The summed E-state index contributed by atoms with van der Waals surface area (Å²) in [5, 5.41) is 16.1. The second-order valence-corrected chi connectivity index (χ2v) is 6.67. The van der Waals surface area contributed by atoms with Gasteiger partial charge in [0, 0.05) is 39.1 Å². The Labute approximate surface area is 175 Å². The van der Waals surface area contributed by atoms with Crippen LogP contribution in [-0.2, 0) is 28.8 Å². The maximum absolute atomic E-state index is 11.8. The van der Waals surface area contributed by atoms with Gasteiger partial charge in [-0.1, -0.05) is 0 Å². The van der Waals surface area contributed by atoms with Crippen LogP contribution in [-0.4, -0.2) is 78.1 Å². The van der Waals surface area contributed by atoms with Gasteiger partial charge in [0.2, 0.25) is 23.6 Å². The molecule has 4 amide bonds. The summed E-state index contributed by atoms with van der Waals surface area (Å²) in [7, 11) is 1.55. The van der Waals surface area contributed by atoms with Crippen LogP contribution in [0.2, 0.25) is 0 Å². The van der Waals surface area contributed by atoms with Crippen molar-refractivity contribution >= 4 is 35.9 Å². The standard InChI is InChI=1S/C19H30N4O7/c1-13(18(28)22-14(2)19(29)30)21-16(26)8-5-4-7-15(25)20-10-11-23(3)17(27)9-6-12-24/h6,9,12-14H,4-5,7-8,10-11H2,1-3H3,(H,20,25)(H,21,26)(H,22,28)(H,29,30)/b9-6-. The molecule has 2 unspecified atom stereocenters. The minimum absolute atomic E-state index is 0.125. The molecule has 0 radical (unpaired) electrons. The Balaban J connectivity index is 3.96. The number of amides is 4. The van der Waals surface area contributed by atoms with Crippen LogP contribution in [0.3, 0.4) is 0 Å². The lowest BCUT2D eigenvalue weighted by Crippen LogP contribution is -2.49. The fraction of sp³-hybridized carbons (Fsp3) is 0.579. The number of carboxylic acids is 1. The van der Waals surface area contributed by atoms with Crippen molar-refractivity contribution in [1.29, 1.82) is 0 Å².